The molecular weight excluding hydrogens is 230 g/mol. The molecule has 1 rings (SSSR count). The van der Waals surface area contributed by atoms with Crippen LogP contribution in [-0.2, 0) is 0 Å². The second kappa shape index (κ2) is 7.69. The maximum Gasteiger partial charge on any atom is 0.00967 e. The average Bonchev–Trinajstić information content (AvgIpc) is 2.39. The summed E-state index contributed by atoms with van der Waals surface area (Å²) in [6.45, 7) is 12.4. The molecule has 0 radical (unpaired) electrons. The second-order valence-electron chi connectivity index (χ2n) is 6.66. The molecule has 108 valence electrons. The molecule has 0 spiro atoms. The normalized spacial score (nSPS) is 13.8. The monoisotopic (exact) mass is 261 g/mol. The zero-order valence-corrected chi connectivity index (χ0v) is 13.4. The van der Waals surface area contributed by atoms with E-state index in [1.54, 1.807) is 0 Å². The molecule has 1 aromatic rings. The number of benzene rings is 1. The van der Waals surface area contributed by atoms with E-state index in [2.05, 4.69) is 70.3 Å². The van der Waals surface area contributed by atoms with Crippen LogP contribution in [0.3, 0.4) is 0 Å². The minimum absolute atomic E-state index is 0.195. The highest BCUT2D eigenvalue weighted by atomic mass is 14.9. The summed E-state index contributed by atoms with van der Waals surface area (Å²) >= 11 is 0. The van der Waals surface area contributed by atoms with Gasteiger partial charge in [0.15, 0.2) is 0 Å². The van der Waals surface area contributed by atoms with Gasteiger partial charge in [-0.2, -0.15) is 0 Å². The molecule has 0 aliphatic rings. The molecule has 1 unspecified atom stereocenters. The largest absolute Gasteiger partial charge is 0.311 e. The van der Waals surface area contributed by atoms with Crippen LogP contribution >= 0.6 is 0 Å². The van der Waals surface area contributed by atoms with E-state index in [0.29, 0.717) is 5.92 Å². The third-order valence-corrected chi connectivity index (χ3v) is 3.92. The van der Waals surface area contributed by atoms with Gasteiger partial charge in [0.25, 0.3) is 0 Å². The van der Waals surface area contributed by atoms with Gasteiger partial charge in [-0.05, 0) is 44.6 Å². The zero-order valence-electron chi connectivity index (χ0n) is 13.4. The molecule has 1 N–H and O–H groups in total. The van der Waals surface area contributed by atoms with Crippen LogP contribution in [0.25, 0.3) is 0 Å². The fraction of sp³-hybridized carbons (Fsp3) is 0.667. The molecule has 0 aromatic heterocycles. The van der Waals surface area contributed by atoms with Crippen LogP contribution in [0.15, 0.2) is 30.3 Å². The number of hydrogen-bond donors (Lipinski definition) is 1. The summed E-state index contributed by atoms with van der Waals surface area (Å²) in [6, 6.07) is 11.0. The van der Waals surface area contributed by atoms with Crippen molar-refractivity contribution in [2.75, 3.05) is 6.54 Å². The second-order valence-corrected chi connectivity index (χ2v) is 6.66. The van der Waals surface area contributed by atoms with Crippen LogP contribution in [0.1, 0.15) is 65.4 Å². The molecule has 1 heteroatoms. The Morgan fingerprint density at radius 1 is 1.00 bits per heavy atom. The predicted octanol–water partition coefficient (Wildman–Crippen LogP) is 4.98. The molecule has 0 heterocycles. The van der Waals surface area contributed by atoms with Crippen molar-refractivity contribution in [2.24, 2.45) is 5.92 Å². The molecule has 0 amide bonds. The Balaban J connectivity index is 2.73. The van der Waals surface area contributed by atoms with Crippen LogP contribution in [0, 0.1) is 5.92 Å². The highest BCUT2D eigenvalue weighted by molar-refractivity contribution is 5.20. The van der Waals surface area contributed by atoms with E-state index in [9.17, 15) is 0 Å². The Labute approximate surface area is 119 Å². The van der Waals surface area contributed by atoms with Gasteiger partial charge < -0.3 is 5.32 Å². The molecular formula is C18H31N. The van der Waals surface area contributed by atoms with E-state index < -0.39 is 0 Å². The van der Waals surface area contributed by atoms with Crippen molar-refractivity contribution < 1.29 is 0 Å². The zero-order chi connectivity index (χ0) is 14.3. The van der Waals surface area contributed by atoms with Crippen molar-refractivity contribution in [3.63, 3.8) is 0 Å². The summed E-state index contributed by atoms with van der Waals surface area (Å²) in [6.07, 6.45) is 3.87. The third-order valence-electron chi connectivity index (χ3n) is 3.92. The summed E-state index contributed by atoms with van der Waals surface area (Å²) < 4.78 is 0. The SMILES string of the molecule is CCC(CC)CC(CNC(C)(C)C)c1ccccc1. The Hall–Kier alpha value is -0.820. The molecule has 0 aliphatic heterocycles. The predicted molar refractivity (Wildman–Crippen MR) is 85.6 cm³/mol. The van der Waals surface area contributed by atoms with E-state index in [1.807, 2.05) is 0 Å². The third kappa shape index (κ3) is 6.24. The first-order valence-corrected chi connectivity index (χ1v) is 7.76. The Morgan fingerprint density at radius 3 is 2.05 bits per heavy atom. The highest BCUT2D eigenvalue weighted by Crippen LogP contribution is 2.27. The van der Waals surface area contributed by atoms with E-state index in [-0.39, 0.29) is 5.54 Å². The van der Waals surface area contributed by atoms with Crippen LogP contribution in [0.4, 0.5) is 0 Å². The molecule has 0 aliphatic carbocycles. The van der Waals surface area contributed by atoms with Gasteiger partial charge in [0.1, 0.15) is 0 Å². The topological polar surface area (TPSA) is 12.0 Å². The Morgan fingerprint density at radius 2 is 1.58 bits per heavy atom. The summed E-state index contributed by atoms with van der Waals surface area (Å²) in [4.78, 5) is 0. The first-order chi connectivity index (χ1) is 8.96. The van der Waals surface area contributed by atoms with Gasteiger partial charge in [0.2, 0.25) is 0 Å². The lowest BCUT2D eigenvalue weighted by molar-refractivity contribution is 0.356. The van der Waals surface area contributed by atoms with Gasteiger partial charge in [0, 0.05) is 12.1 Å². The molecule has 1 atom stereocenters. The number of hydrogen-bond acceptors (Lipinski definition) is 1. The van der Waals surface area contributed by atoms with Gasteiger partial charge in [0.05, 0.1) is 0 Å². The lowest BCUT2D eigenvalue weighted by Crippen LogP contribution is -2.38. The Bertz CT molecular complexity index is 332. The van der Waals surface area contributed by atoms with Crippen molar-refractivity contribution in [3.8, 4) is 0 Å². The van der Waals surface area contributed by atoms with E-state index in [4.69, 9.17) is 0 Å². The van der Waals surface area contributed by atoms with Gasteiger partial charge in [-0.1, -0.05) is 57.0 Å². The van der Waals surface area contributed by atoms with E-state index in [0.717, 1.165) is 12.5 Å². The molecule has 0 bridgehead atoms. The summed E-state index contributed by atoms with van der Waals surface area (Å²) in [7, 11) is 0. The summed E-state index contributed by atoms with van der Waals surface area (Å²) in [5.74, 6) is 1.47. The summed E-state index contributed by atoms with van der Waals surface area (Å²) in [5.41, 5.74) is 1.67. The van der Waals surface area contributed by atoms with Crippen molar-refractivity contribution in [1.29, 1.82) is 0 Å². The maximum atomic E-state index is 3.67. The molecule has 19 heavy (non-hydrogen) atoms. The van der Waals surface area contributed by atoms with Gasteiger partial charge >= 0.3 is 0 Å². The minimum Gasteiger partial charge on any atom is -0.311 e. The molecule has 0 fully saturated rings. The van der Waals surface area contributed by atoms with Crippen LogP contribution in [0.5, 0.6) is 0 Å². The lowest BCUT2D eigenvalue weighted by atomic mass is 9.85. The van der Waals surface area contributed by atoms with Crippen molar-refractivity contribution >= 4 is 0 Å². The van der Waals surface area contributed by atoms with Crippen molar-refractivity contribution in [2.45, 2.75) is 65.3 Å². The quantitative estimate of drug-likeness (QED) is 0.729. The van der Waals surface area contributed by atoms with Gasteiger partial charge in [-0.15, -0.1) is 0 Å². The van der Waals surface area contributed by atoms with Crippen LogP contribution in [0.2, 0.25) is 0 Å². The minimum atomic E-state index is 0.195. The fourth-order valence-corrected chi connectivity index (χ4v) is 2.52. The summed E-state index contributed by atoms with van der Waals surface area (Å²) in [5, 5.41) is 3.67. The first kappa shape index (κ1) is 16.2. The van der Waals surface area contributed by atoms with Crippen LogP contribution in [-0.4, -0.2) is 12.1 Å². The van der Waals surface area contributed by atoms with E-state index >= 15 is 0 Å². The molecule has 0 saturated carbocycles. The Kier molecular flexibility index (Phi) is 6.57. The van der Waals surface area contributed by atoms with Gasteiger partial charge in [-0.25, -0.2) is 0 Å². The number of nitrogens with one attached hydrogen (secondary N) is 1. The fourth-order valence-electron chi connectivity index (χ4n) is 2.52. The lowest BCUT2D eigenvalue weighted by Gasteiger charge is -2.28. The smallest absolute Gasteiger partial charge is 0.00967 e. The molecule has 1 aromatic carbocycles. The van der Waals surface area contributed by atoms with Crippen LogP contribution < -0.4 is 5.32 Å². The molecule has 0 saturated heterocycles. The average molecular weight is 261 g/mol. The van der Waals surface area contributed by atoms with Gasteiger partial charge in [-0.3, -0.25) is 0 Å². The van der Waals surface area contributed by atoms with Crippen molar-refractivity contribution in [3.05, 3.63) is 35.9 Å². The molecule has 1 nitrogen and oxygen atoms in total. The van der Waals surface area contributed by atoms with Crippen molar-refractivity contribution in [1.82, 2.24) is 5.32 Å². The highest BCUT2D eigenvalue weighted by Gasteiger charge is 2.18. The first-order valence-electron chi connectivity index (χ1n) is 7.76. The number of rotatable bonds is 7. The van der Waals surface area contributed by atoms with E-state index in [1.165, 1.54) is 24.8 Å². The standard InChI is InChI=1S/C18H31N/c1-6-15(7-2)13-17(14-19-18(3,4)5)16-11-9-8-10-12-16/h8-12,15,17,19H,6-7,13-14H2,1-5H3. The maximum absolute atomic E-state index is 3.67.